The highest BCUT2D eigenvalue weighted by atomic mass is 16.5. The third kappa shape index (κ3) is 4.65. The summed E-state index contributed by atoms with van der Waals surface area (Å²) in [5.74, 6) is 0.0341. The number of carbonyl (C=O) groups is 1. The highest BCUT2D eigenvalue weighted by molar-refractivity contribution is 5.89. The zero-order valence-electron chi connectivity index (χ0n) is 16.7. The van der Waals surface area contributed by atoms with Crippen molar-refractivity contribution < 1.29 is 9.32 Å². The third-order valence-corrected chi connectivity index (χ3v) is 5.42. The molecule has 0 radical (unpaired) electrons. The van der Waals surface area contributed by atoms with Gasteiger partial charge in [-0.2, -0.15) is 4.98 Å². The van der Waals surface area contributed by atoms with E-state index in [0.717, 1.165) is 29.8 Å². The molecule has 150 valence electrons. The van der Waals surface area contributed by atoms with Crippen molar-refractivity contribution in [1.29, 1.82) is 0 Å². The second-order valence-corrected chi connectivity index (χ2v) is 7.48. The topological polar surface area (TPSA) is 71.3 Å². The van der Waals surface area contributed by atoms with Gasteiger partial charge in [0, 0.05) is 30.9 Å². The van der Waals surface area contributed by atoms with Crippen LogP contribution in [0.5, 0.6) is 0 Å². The van der Waals surface area contributed by atoms with Crippen LogP contribution in [0.4, 0.5) is 5.69 Å². The van der Waals surface area contributed by atoms with E-state index >= 15 is 0 Å². The quantitative estimate of drug-likeness (QED) is 0.701. The van der Waals surface area contributed by atoms with Crippen molar-refractivity contribution in [3.05, 3.63) is 65.5 Å². The second kappa shape index (κ2) is 8.90. The van der Waals surface area contributed by atoms with Crippen molar-refractivity contribution >= 4 is 11.6 Å². The molecule has 1 aliphatic heterocycles. The molecular weight excluding hydrogens is 364 g/mol. The normalized spacial score (nSPS) is 14.4. The fourth-order valence-corrected chi connectivity index (χ4v) is 3.64. The van der Waals surface area contributed by atoms with Gasteiger partial charge in [-0.15, -0.1) is 0 Å². The van der Waals surface area contributed by atoms with Crippen molar-refractivity contribution in [1.82, 2.24) is 15.5 Å². The number of hydrogen-bond acceptors (Lipinski definition) is 5. The fraction of sp³-hybridized carbons (Fsp3) is 0.348. The Balaban J connectivity index is 1.40. The number of nitrogens with zero attached hydrogens (tertiary/aromatic N) is 3. The third-order valence-electron chi connectivity index (χ3n) is 5.42. The van der Waals surface area contributed by atoms with Crippen LogP contribution in [0.25, 0.3) is 11.4 Å². The van der Waals surface area contributed by atoms with Crippen LogP contribution in [0.2, 0.25) is 0 Å². The maximum Gasteiger partial charge on any atom is 0.316 e. The second-order valence-electron chi connectivity index (χ2n) is 7.48. The summed E-state index contributed by atoms with van der Waals surface area (Å²) in [7, 11) is 0. The summed E-state index contributed by atoms with van der Waals surface area (Å²) in [6, 6.07) is 16.1. The molecule has 0 saturated carbocycles. The average molecular weight is 390 g/mol. The summed E-state index contributed by atoms with van der Waals surface area (Å²) in [5, 5.41) is 6.81. The van der Waals surface area contributed by atoms with Crippen molar-refractivity contribution in [2.24, 2.45) is 0 Å². The average Bonchev–Trinajstić information content (AvgIpc) is 3.09. The van der Waals surface area contributed by atoms with Gasteiger partial charge in [0.15, 0.2) is 0 Å². The maximum absolute atomic E-state index is 12.4. The van der Waals surface area contributed by atoms with E-state index in [1.54, 1.807) is 0 Å². The molecule has 4 rings (SSSR count). The molecule has 0 bridgehead atoms. The smallest absolute Gasteiger partial charge is 0.316 e. The number of carbonyl (C=O) groups excluding carboxylic acids is 1. The molecule has 1 saturated heterocycles. The fourth-order valence-electron chi connectivity index (χ4n) is 3.64. The van der Waals surface area contributed by atoms with Gasteiger partial charge in [0.05, 0.1) is 0 Å². The largest absolute Gasteiger partial charge is 0.372 e. The zero-order valence-corrected chi connectivity index (χ0v) is 16.7. The van der Waals surface area contributed by atoms with Crippen molar-refractivity contribution in [3.63, 3.8) is 0 Å². The van der Waals surface area contributed by atoms with E-state index < -0.39 is 0 Å². The Bertz CT molecular complexity index is 957. The van der Waals surface area contributed by atoms with Crippen LogP contribution in [-0.4, -0.2) is 29.1 Å². The summed E-state index contributed by atoms with van der Waals surface area (Å²) in [4.78, 5) is 19.1. The van der Waals surface area contributed by atoms with Crippen LogP contribution in [-0.2, 0) is 6.54 Å². The molecule has 1 fully saturated rings. The van der Waals surface area contributed by atoms with E-state index in [2.05, 4.69) is 32.5 Å². The Labute approximate surface area is 170 Å². The van der Waals surface area contributed by atoms with Gasteiger partial charge in [-0.25, -0.2) is 0 Å². The Morgan fingerprint density at radius 3 is 2.48 bits per heavy atom. The summed E-state index contributed by atoms with van der Waals surface area (Å²) >= 11 is 0. The van der Waals surface area contributed by atoms with Crippen LogP contribution >= 0.6 is 0 Å². The van der Waals surface area contributed by atoms with Gasteiger partial charge < -0.3 is 14.7 Å². The first kappa shape index (κ1) is 19.2. The Morgan fingerprint density at radius 1 is 1.03 bits per heavy atom. The van der Waals surface area contributed by atoms with Crippen LogP contribution in [0.15, 0.2) is 53.1 Å². The molecule has 0 atom stereocenters. The molecule has 1 aromatic heterocycles. The zero-order chi connectivity index (χ0) is 20.1. The van der Waals surface area contributed by atoms with Crippen LogP contribution < -0.4 is 10.2 Å². The van der Waals surface area contributed by atoms with Gasteiger partial charge >= 0.3 is 11.8 Å². The lowest BCUT2D eigenvalue weighted by Gasteiger charge is -2.22. The van der Waals surface area contributed by atoms with E-state index in [4.69, 9.17) is 4.52 Å². The number of aryl methyl sites for hydroxylation is 1. The van der Waals surface area contributed by atoms with Crippen molar-refractivity contribution in [2.75, 3.05) is 18.0 Å². The molecule has 29 heavy (non-hydrogen) atoms. The number of amides is 1. The molecule has 1 N–H and O–H groups in total. The van der Waals surface area contributed by atoms with Crippen LogP contribution in [0, 0.1) is 6.92 Å². The van der Waals surface area contributed by atoms with Gasteiger partial charge in [-0.1, -0.05) is 42.3 Å². The molecule has 6 heteroatoms. The minimum atomic E-state index is -0.367. The molecule has 6 nitrogen and oxygen atoms in total. The molecule has 0 unspecified atom stereocenters. The Hall–Kier alpha value is -3.15. The monoisotopic (exact) mass is 390 g/mol. The summed E-state index contributed by atoms with van der Waals surface area (Å²) in [6.07, 6.45) is 5.11. The van der Waals surface area contributed by atoms with Gasteiger partial charge in [0.2, 0.25) is 5.82 Å². The molecule has 1 aliphatic rings. The van der Waals surface area contributed by atoms with Crippen molar-refractivity contribution in [2.45, 2.75) is 39.2 Å². The molecule has 2 heterocycles. The van der Waals surface area contributed by atoms with E-state index in [1.807, 2.05) is 43.3 Å². The van der Waals surface area contributed by atoms with Gasteiger partial charge in [0.25, 0.3) is 0 Å². The predicted molar refractivity (Wildman–Crippen MR) is 113 cm³/mol. The first-order chi connectivity index (χ1) is 14.2. The lowest BCUT2D eigenvalue weighted by molar-refractivity contribution is 0.0907. The Kier molecular flexibility index (Phi) is 5.89. The number of nitrogens with one attached hydrogen (secondary N) is 1. The molecule has 2 aromatic carbocycles. The minimum absolute atomic E-state index is 0.0230. The number of benzene rings is 2. The van der Waals surface area contributed by atoms with Crippen LogP contribution in [0.3, 0.4) is 0 Å². The number of anilines is 1. The number of aromatic nitrogens is 2. The van der Waals surface area contributed by atoms with Crippen LogP contribution in [0.1, 0.15) is 47.5 Å². The first-order valence-corrected chi connectivity index (χ1v) is 10.2. The molecule has 0 aliphatic carbocycles. The van der Waals surface area contributed by atoms with Gasteiger partial charge in [-0.05, 0) is 55.2 Å². The first-order valence-electron chi connectivity index (χ1n) is 10.2. The SMILES string of the molecule is Cc1ccccc1CNC(=O)c1nc(-c2ccc(N3CCCCCC3)cc2)no1. The molecule has 3 aromatic rings. The maximum atomic E-state index is 12.4. The van der Waals surface area contributed by atoms with E-state index in [0.29, 0.717) is 12.4 Å². The summed E-state index contributed by atoms with van der Waals surface area (Å²) in [5.41, 5.74) is 4.24. The summed E-state index contributed by atoms with van der Waals surface area (Å²) in [6.45, 7) is 4.65. The lowest BCUT2D eigenvalue weighted by Crippen LogP contribution is -2.23. The predicted octanol–water partition coefficient (Wildman–Crippen LogP) is 4.36. The number of hydrogen-bond donors (Lipinski definition) is 1. The Morgan fingerprint density at radius 2 is 1.76 bits per heavy atom. The number of rotatable bonds is 5. The summed E-state index contributed by atoms with van der Waals surface area (Å²) < 4.78 is 5.18. The minimum Gasteiger partial charge on any atom is -0.372 e. The molecule has 1 amide bonds. The van der Waals surface area contributed by atoms with E-state index in [9.17, 15) is 4.79 Å². The lowest BCUT2D eigenvalue weighted by atomic mass is 10.1. The highest BCUT2D eigenvalue weighted by Gasteiger charge is 2.17. The van der Waals surface area contributed by atoms with E-state index in [-0.39, 0.29) is 11.8 Å². The highest BCUT2D eigenvalue weighted by Crippen LogP contribution is 2.23. The van der Waals surface area contributed by atoms with Crippen molar-refractivity contribution in [3.8, 4) is 11.4 Å². The molecule has 0 spiro atoms. The van der Waals surface area contributed by atoms with E-state index in [1.165, 1.54) is 31.4 Å². The molecular formula is C23H26N4O2. The standard InChI is InChI=1S/C23H26N4O2/c1-17-8-4-5-9-19(17)16-24-22(28)23-25-21(26-29-23)18-10-12-20(13-11-18)27-14-6-2-3-7-15-27/h4-5,8-13H,2-3,6-7,14-16H2,1H3,(H,24,28). The van der Waals surface area contributed by atoms with Gasteiger partial charge in [0.1, 0.15) is 0 Å². The van der Waals surface area contributed by atoms with Gasteiger partial charge in [-0.3, -0.25) is 4.79 Å².